The van der Waals surface area contributed by atoms with E-state index in [-0.39, 0.29) is 112 Å². The number of likely N-dealkylation sites (tertiary alicyclic amines) is 1. The standard InChI is InChI=1S/C57H57F6N11O6/c1-29(2)51(55(77)72-18-6-9-45(72)54(76)66-44(27-75)33-14-16-34(17-15-33)48-38(58)7-5-8-39(48)59)74-26-42(70-71-74)32-12-10-31(11-13-32)28-80-52-49(47-30(3)40(60)22-41-36(47)23-65-69-41)37(57(61,62)63)21-35-50(52)67-56(79-20-19-78-4)68-53(35)73-25-43-46(73)24-64-43/h5,7-8,10-17,21-23,29,42-46,51,64,75H,6,9,18-20,24-28H2,1-4H3,(H,65,69)(H,66,76). The summed E-state index contributed by atoms with van der Waals surface area (Å²) in [4.78, 5) is 41.2. The molecule has 4 aliphatic heterocycles. The lowest BCUT2D eigenvalue weighted by atomic mass is 9.87. The van der Waals surface area contributed by atoms with Crippen molar-refractivity contribution in [3.05, 3.63) is 130 Å². The number of methoxy groups -OCH3 is 1. The van der Waals surface area contributed by atoms with E-state index >= 15 is 17.6 Å². The van der Waals surface area contributed by atoms with Crippen LogP contribution >= 0.6 is 0 Å². The molecule has 0 bridgehead atoms. The molecule has 7 aromatic rings. The quantitative estimate of drug-likeness (QED) is 0.0472. The zero-order chi connectivity index (χ0) is 56.1. The number of nitrogens with one attached hydrogen (secondary N) is 3. The molecule has 2 aromatic heterocycles. The lowest BCUT2D eigenvalue weighted by Gasteiger charge is -2.56. The van der Waals surface area contributed by atoms with Gasteiger partial charge in [0.05, 0.1) is 54.7 Å². The summed E-state index contributed by atoms with van der Waals surface area (Å²) in [6.45, 7) is 6.30. The number of hydrogen-bond donors (Lipinski definition) is 4. The van der Waals surface area contributed by atoms with Crippen LogP contribution in [-0.4, -0.2) is 124 Å². The number of amides is 2. The third kappa shape index (κ3) is 10.1. The topological polar surface area (TPSA) is 195 Å². The van der Waals surface area contributed by atoms with Gasteiger partial charge in [0.2, 0.25) is 11.8 Å². The highest BCUT2D eigenvalue weighted by molar-refractivity contribution is 6.06. The van der Waals surface area contributed by atoms with E-state index in [1.165, 1.54) is 49.4 Å². The van der Waals surface area contributed by atoms with Crippen molar-refractivity contribution < 1.29 is 55.2 Å². The zero-order valence-electron chi connectivity index (χ0n) is 44.0. The smallest absolute Gasteiger partial charge is 0.417 e. The Bertz CT molecular complexity index is 3490. The second-order valence-electron chi connectivity index (χ2n) is 20.8. The van der Waals surface area contributed by atoms with Crippen molar-refractivity contribution >= 4 is 39.4 Å². The molecule has 2 amide bonds. The van der Waals surface area contributed by atoms with Crippen LogP contribution in [0.1, 0.15) is 66.6 Å². The van der Waals surface area contributed by atoms with E-state index in [0.29, 0.717) is 43.6 Å². The Hall–Kier alpha value is -7.89. The Morgan fingerprint density at radius 1 is 0.900 bits per heavy atom. The van der Waals surface area contributed by atoms with E-state index in [2.05, 4.69) is 36.2 Å². The van der Waals surface area contributed by atoms with Gasteiger partial charge < -0.3 is 39.8 Å². The van der Waals surface area contributed by atoms with Crippen molar-refractivity contribution in [2.75, 3.05) is 58.0 Å². The third-order valence-electron chi connectivity index (χ3n) is 15.6. The van der Waals surface area contributed by atoms with Crippen LogP contribution in [0.25, 0.3) is 44.1 Å². The van der Waals surface area contributed by atoms with Gasteiger partial charge in [0.1, 0.15) is 60.1 Å². The molecule has 0 spiro atoms. The van der Waals surface area contributed by atoms with Gasteiger partial charge in [-0.25, -0.2) is 13.2 Å². The van der Waals surface area contributed by atoms with E-state index in [4.69, 9.17) is 19.2 Å². The van der Waals surface area contributed by atoms with Gasteiger partial charge in [0.25, 0.3) is 0 Å². The van der Waals surface area contributed by atoms with E-state index in [9.17, 15) is 23.5 Å². The number of aliphatic hydroxyl groups excluding tert-OH is 1. The minimum Gasteiger partial charge on any atom is -0.486 e. The maximum atomic E-state index is 15.8. The number of aliphatic hydroxyl groups is 1. The predicted octanol–water partition coefficient (Wildman–Crippen LogP) is 8.94. The van der Waals surface area contributed by atoms with Crippen LogP contribution in [0, 0.1) is 30.3 Å². The Labute approximate surface area is 455 Å². The Morgan fingerprint density at radius 2 is 1.66 bits per heavy atom. The van der Waals surface area contributed by atoms with Crippen LogP contribution in [0.4, 0.5) is 32.2 Å². The first kappa shape index (κ1) is 54.1. The minimum absolute atomic E-state index is 0.0112. The molecule has 6 heterocycles. The van der Waals surface area contributed by atoms with E-state index in [0.717, 1.165) is 23.8 Å². The van der Waals surface area contributed by atoms with Gasteiger partial charge in [-0.15, -0.1) is 0 Å². The highest BCUT2D eigenvalue weighted by Crippen LogP contribution is 2.51. The highest BCUT2D eigenvalue weighted by atomic mass is 19.4. The van der Waals surface area contributed by atoms with Gasteiger partial charge in [-0.3, -0.25) is 19.7 Å². The molecule has 418 valence electrons. The number of rotatable bonds is 18. The van der Waals surface area contributed by atoms with Crippen LogP contribution in [-0.2, 0) is 27.1 Å². The molecular formula is C57H57F6N11O6. The molecule has 80 heavy (non-hydrogen) atoms. The number of H-pyrrole nitrogens is 1. The molecule has 3 fully saturated rings. The van der Waals surface area contributed by atoms with Crippen LogP contribution < -0.4 is 25.0 Å². The lowest BCUT2D eigenvalue weighted by Crippen LogP contribution is -2.78. The summed E-state index contributed by atoms with van der Waals surface area (Å²) >= 11 is 0. The molecule has 4 N–H and O–H groups in total. The van der Waals surface area contributed by atoms with Crippen molar-refractivity contribution in [2.45, 2.75) is 82.6 Å². The van der Waals surface area contributed by atoms with Gasteiger partial charge in [-0.05, 0) is 77.8 Å². The molecule has 0 aliphatic carbocycles. The van der Waals surface area contributed by atoms with E-state index in [1.807, 2.05) is 18.7 Å². The fraction of sp³-hybridized carbons (Fsp3) is 0.386. The molecule has 5 aromatic carbocycles. The number of anilines is 1. The molecule has 0 saturated carbocycles. The molecule has 0 radical (unpaired) electrons. The maximum absolute atomic E-state index is 15.8. The van der Waals surface area contributed by atoms with Gasteiger partial charge in [0.15, 0.2) is 5.75 Å². The van der Waals surface area contributed by atoms with Crippen molar-refractivity contribution in [1.29, 1.82) is 0 Å². The van der Waals surface area contributed by atoms with Crippen molar-refractivity contribution in [3.63, 3.8) is 0 Å². The molecule has 17 nitrogen and oxygen atoms in total. The molecule has 3 saturated heterocycles. The number of benzene rings is 5. The van der Waals surface area contributed by atoms with Gasteiger partial charge in [0, 0.05) is 54.7 Å². The normalized spacial score (nSPS) is 19.6. The van der Waals surface area contributed by atoms with E-state index < -0.39 is 71.4 Å². The van der Waals surface area contributed by atoms with Gasteiger partial charge >= 0.3 is 12.2 Å². The summed E-state index contributed by atoms with van der Waals surface area (Å²) in [6.07, 6.45) is -2.68. The van der Waals surface area contributed by atoms with Crippen molar-refractivity contribution in [3.8, 4) is 34.0 Å². The van der Waals surface area contributed by atoms with Gasteiger partial charge in [-0.2, -0.15) is 33.4 Å². The average molecular weight is 1110 g/mol. The SMILES string of the molecule is COCCOc1nc(N2CC3NCC32)c2cc(C(F)(F)F)c(-c3c(C)c(F)cc4[nH]ncc34)c(OCc3ccc(C4CN(C(C(=O)N5CCCC5C(=O)NC(CO)c5ccc(-c6c(F)cccc6F)cc5)C(C)C)N=N4)cc3)c2n1. The number of ether oxygens (including phenoxy) is 3. The molecule has 6 atom stereocenters. The molecule has 23 heteroatoms. The molecule has 4 aliphatic rings. The monoisotopic (exact) mass is 1110 g/mol. The summed E-state index contributed by atoms with van der Waals surface area (Å²) < 4.78 is 110. The second-order valence-corrected chi connectivity index (χ2v) is 20.8. The number of piperazine rings is 1. The fourth-order valence-electron chi connectivity index (χ4n) is 11.3. The Morgan fingerprint density at radius 3 is 2.33 bits per heavy atom. The summed E-state index contributed by atoms with van der Waals surface area (Å²) in [5, 5.41) is 34.2. The summed E-state index contributed by atoms with van der Waals surface area (Å²) in [5.74, 6) is -3.27. The largest absolute Gasteiger partial charge is 0.486 e. The Kier molecular flexibility index (Phi) is 14.9. The summed E-state index contributed by atoms with van der Waals surface area (Å²) in [5.41, 5.74) is 0.460. The number of aromatic nitrogens is 4. The fourth-order valence-corrected chi connectivity index (χ4v) is 11.3. The predicted molar refractivity (Wildman–Crippen MR) is 283 cm³/mol. The molecule has 6 unspecified atom stereocenters. The van der Waals surface area contributed by atoms with Crippen molar-refractivity contribution in [2.24, 2.45) is 16.3 Å². The lowest BCUT2D eigenvalue weighted by molar-refractivity contribution is -0.144. The Balaban J connectivity index is 0.832. The number of nitrogens with zero attached hydrogens (tertiary/aromatic N) is 8. The first-order chi connectivity index (χ1) is 38.5. The second kappa shape index (κ2) is 22.0. The summed E-state index contributed by atoms with van der Waals surface area (Å²) in [6, 6.07) is 16.1. The van der Waals surface area contributed by atoms with Crippen LogP contribution in [0.2, 0.25) is 0 Å². The first-order valence-electron chi connectivity index (χ1n) is 26.4. The number of aromatic amines is 1. The number of carbonyl (C=O) groups excluding carboxylic acids is 2. The number of halogens is 6. The number of hydrogen-bond acceptors (Lipinski definition) is 14. The van der Waals surface area contributed by atoms with Crippen LogP contribution in [0.5, 0.6) is 11.8 Å². The number of fused-ring (bicyclic) bond motifs is 3. The minimum atomic E-state index is -4.97. The maximum Gasteiger partial charge on any atom is 0.417 e. The average Bonchev–Trinajstić information content (AvgIpc) is 4.24. The van der Waals surface area contributed by atoms with Crippen LogP contribution in [0.15, 0.2) is 95.4 Å². The molecular weight excluding hydrogens is 1050 g/mol. The molecule has 11 rings (SSSR count). The first-order valence-corrected chi connectivity index (χ1v) is 26.4. The number of carbonyl (C=O) groups is 2. The number of alkyl halides is 3. The van der Waals surface area contributed by atoms with Crippen molar-refractivity contribution in [1.82, 2.24) is 40.7 Å². The highest BCUT2D eigenvalue weighted by Gasteiger charge is 2.48. The van der Waals surface area contributed by atoms with Gasteiger partial charge in [-0.1, -0.05) is 73.7 Å². The summed E-state index contributed by atoms with van der Waals surface area (Å²) in [7, 11) is 1.50. The van der Waals surface area contributed by atoms with E-state index in [1.54, 1.807) is 41.4 Å². The zero-order valence-corrected chi connectivity index (χ0v) is 44.0. The van der Waals surface area contributed by atoms with Crippen LogP contribution in [0.3, 0.4) is 0 Å². The third-order valence-corrected chi connectivity index (χ3v) is 15.6.